The average Bonchev–Trinajstić information content (AvgIpc) is 2.66. The van der Waals surface area contributed by atoms with Gasteiger partial charge in [0.2, 0.25) is 10.0 Å². The molecule has 0 spiro atoms. The number of nitrogens with zero attached hydrogens (tertiary/aromatic N) is 2. The monoisotopic (exact) mass is 420 g/mol. The van der Waals surface area contributed by atoms with Crippen molar-refractivity contribution in [2.45, 2.75) is 39.2 Å². The van der Waals surface area contributed by atoms with Crippen LogP contribution in [-0.2, 0) is 21.2 Å². The van der Waals surface area contributed by atoms with Gasteiger partial charge in [-0.25, -0.2) is 8.42 Å². The number of rotatable bonds is 5. The van der Waals surface area contributed by atoms with Gasteiger partial charge in [0.15, 0.2) is 0 Å². The quantitative estimate of drug-likeness (QED) is 0.729. The summed E-state index contributed by atoms with van der Waals surface area (Å²) in [6.45, 7) is 4.23. The molecule has 28 heavy (non-hydrogen) atoms. The minimum Gasteiger partial charge on any atom is -0.310 e. The number of hydrogen-bond acceptors (Lipinski definition) is 3. The molecule has 2 aromatic rings. The molecule has 0 fully saturated rings. The van der Waals surface area contributed by atoms with Crippen LogP contribution < -0.4 is 9.21 Å². The van der Waals surface area contributed by atoms with Gasteiger partial charge in [0.25, 0.3) is 5.91 Å². The van der Waals surface area contributed by atoms with Crippen LogP contribution in [0.25, 0.3) is 0 Å². The van der Waals surface area contributed by atoms with E-state index < -0.39 is 16.1 Å². The second-order valence-electron chi connectivity index (χ2n) is 7.14. The van der Waals surface area contributed by atoms with Crippen LogP contribution in [0.15, 0.2) is 42.5 Å². The van der Waals surface area contributed by atoms with E-state index >= 15 is 0 Å². The maximum absolute atomic E-state index is 13.5. The van der Waals surface area contributed by atoms with Crippen molar-refractivity contribution in [3.8, 4) is 0 Å². The topological polar surface area (TPSA) is 57.7 Å². The number of para-hydroxylation sites is 1. The highest BCUT2D eigenvalue weighted by Crippen LogP contribution is 2.32. The van der Waals surface area contributed by atoms with Crippen LogP contribution in [0.5, 0.6) is 0 Å². The highest BCUT2D eigenvalue weighted by Gasteiger charge is 2.36. The standard InChI is InChI=1S/C21H25ClN2O3S/c1-4-18(21(25)23-13-7-9-16-8-5-6-10-19(16)23)24(28(3,26)27)20-14-17(22)12-11-15(20)2/h5-6,8,10-12,14,18H,4,7,9,13H2,1-3H3. The largest absolute Gasteiger partial charge is 0.310 e. The van der Waals surface area contributed by atoms with Crippen molar-refractivity contribution in [1.82, 2.24) is 0 Å². The van der Waals surface area contributed by atoms with Gasteiger partial charge in [0.05, 0.1) is 11.9 Å². The number of benzene rings is 2. The van der Waals surface area contributed by atoms with Crippen molar-refractivity contribution in [1.29, 1.82) is 0 Å². The summed E-state index contributed by atoms with van der Waals surface area (Å²) in [6.07, 6.45) is 3.26. The SMILES string of the molecule is CCC(C(=O)N1CCCc2ccccc21)N(c1cc(Cl)ccc1C)S(C)(=O)=O. The van der Waals surface area contributed by atoms with Gasteiger partial charge in [-0.2, -0.15) is 0 Å². The molecule has 0 saturated carbocycles. The van der Waals surface area contributed by atoms with E-state index in [4.69, 9.17) is 11.6 Å². The Bertz CT molecular complexity index is 991. The molecule has 1 atom stereocenters. The summed E-state index contributed by atoms with van der Waals surface area (Å²) in [6, 6.07) is 12.1. The lowest BCUT2D eigenvalue weighted by molar-refractivity contribution is -0.119. The molecule has 0 N–H and O–H groups in total. The first-order chi connectivity index (χ1) is 13.2. The zero-order valence-corrected chi connectivity index (χ0v) is 17.9. The molecule has 1 heterocycles. The van der Waals surface area contributed by atoms with Crippen LogP contribution in [-0.4, -0.2) is 33.2 Å². The van der Waals surface area contributed by atoms with Gasteiger partial charge < -0.3 is 4.90 Å². The van der Waals surface area contributed by atoms with Crippen molar-refractivity contribution in [2.75, 3.05) is 22.0 Å². The fourth-order valence-electron chi connectivity index (χ4n) is 3.78. The number of sulfonamides is 1. The number of fused-ring (bicyclic) bond motifs is 1. The second kappa shape index (κ2) is 8.13. The van der Waals surface area contributed by atoms with Crippen LogP contribution in [0.4, 0.5) is 11.4 Å². The molecule has 0 aromatic heterocycles. The van der Waals surface area contributed by atoms with Gasteiger partial charge in [-0.1, -0.05) is 42.8 Å². The summed E-state index contributed by atoms with van der Waals surface area (Å²) < 4.78 is 26.7. The molecule has 2 aromatic carbocycles. The Balaban J connectivity index is 2.07. The van der Waals surface area contributed by atoms with E-state index in [2.05, 4.69) is 0 Å². The zero-order valence-electron chi connectivity index (χ0n) is 16.4. The summed E-state index contributed by atoms with van der Waals surface area (Å²) in [5.74, 6) is -0.209. The van der Waals surface area contributed by atoms with Crippen molar-refractivity contribution >= 4 is 38.9 Å². The van der Waals surface area contributed by atoms with Gasteiger partial charge in [-0.15, -0.1) is 0 Å². The second-order valence-corrected chi connectivity index (χ2v) is 9.43. The molecule has 0 bridgehead atoms. The van der Waals surface area contributed by atoms with Gasteiger partial charge >= 0.3 is 0 Å². The van der Waals surface area contributed by atoms with E-state index in [1.807, 2.05) is 38.1 Å². The van der Waals surface area contributed by atoms with Crippen LogP contribution in [0.2, 0.25) is 5.02 Å². The number of amides is 1. The average molecular weight is 421 g/mol. The smallest absolute Gasteiger partial charge is 0.250 e. The molecule has 0 saturated heterocycles. The fourth-order valence-corrected chi connectivity index (χ4v) is 5.20. The lowest BCUT2D eigenvalue weighted by Crippen LogP contribution is -2.52. The van der Waals surface area contributed by atoms with Crippen LogP contribution in [0.1, 0.15) is 30.9 Å². The molecule has 1 aliphatic heterocycles. The number of anilines is 2. The molecule has 1 aliphatic rings. The Labute approximate surface area is 172 Å². The molecular formula is C21H25ClN2O3S. The Morgan fingerprint density at radius 1 is 1.25 bits per heavy atom. The normalized spacial score (nSPS) is 15.1. The number of halogens is 1. The van der Waals surface area contributed by atoms with Gasteiger partial charge in [0.1, 0.15) is 6.04 Å². The van der Waals surface area contributed by atoms with E-state index in [9.17, 15) is 13.2 Å². The van der Waals surface area contributed by atoms with Crippen molar-refractivity contribution in [2.24, 2.45) is 0 Å². The molecule has 3 rings (SSSR count). The lowest BCUT2D eigenvalue weighted by Gasteiger charge is -2.37. The van der Waals surface area contributed by atoms with Crippen LogP contribution in [0.3, 0.4) is 0 Å². The first kappa shape index (κ1) is 20.7. The van der Waals surface area contributed by atoms with Gasteiger partial charge in [0, 0.05) is 17.3 Å². The Hall–Kier alpha value is -2.05. The summed E-state index contributed by atoms with van der Waals surface area (Å²) in [5.41, 5.74) is 3.18. The van der Waals surface area contributed by atoms with Crippen molar-refractivity contribution < 1.29 is 13.2 Å². The van der Waals surface area contributed by atoms with E-state index in [1.165, 1.54) is 4.31 Å². The Kier molecular flexibility index (Phi) is 6.01. The van der Waals surface area contributed by atoms with Crippen LogP contribution >= 0.6 is 11.6 Å². The Morgan fingerprint density at radius 2 is 1.96 bits per heavy atom. The number of carbonyl (C=O) groups excluding carboxylic acids is 1. The summed E-state index contributed by atoms with van der Waals surface area (Å²) in [4.78, 5) is 15.3. The summed E-state index contributed by atoms with van der Waals surface area (Å²) >= 11 is 6.14. The molecule has 150 valence electrons. The van der Waals surface area contributed by atoms with E-state index in [0.717, 1.165) is 35.9 Å². The molecule has 1 unspecified atom stereocenters. The van der Waals surface area contributed by atoms with Crippen molar-refractivity contribution in [3.63, 3.8) is 0 Å². The predicted octanol–water partition coefficient (Wildman–Crippen LogP) is 4.17. The first-order valence-electron chi connectivity index (χ1n) is 9.39. The summed E-state index contributed by atoms with van der Waals surface area (Å²) in [7, 11) is -3.70. The summed E-state index contributed by atoms with van der Waals surface area (Å²) in [5, 5.41) is 0.430. The molecule has 5 nitrogen and oxygen atoms in total. The van der Waals surface area contributed by atoms with Crippen molar-refractivity contribution in [3.05, 3.63) is 58.6 Å². The molecule has 1 amide bonds. The van der Waals surface area contributed by atoms with E-state index in [-0.39, 0.29) is 5.91 Å². The zero-order chi connectivity index (χ0) is 20.5. The lowest BCUT2D eigenvalue weighted by atomic mass is 10.0. The third-order valence-electron chi connectivity index (χ3n) is 5.10. The fraction of sp³-hybridized carbons (Fsp3) is 0.381. The van der Waals surface area contributed by atoms with E-state index in [0.29, 0.717) is 23.7 Å². The maximum atomic E-state index is 13.5. The highest BCUT2D eigenvalue weighted by atomic mass is 35.5. The minimum absolute atomic E-state index is 0.209. The van der Waals surface area contributed by atoms with Gasteiger partial charge in [-0.05, 0) is 55.5 Å². The Morgan fingerprint density at radius 3 is 2.64 bits per heavy atom. The maximum Gasteiger partial charge on any atom is 0.250 e. The molecule has 7 heteroatoms. The van der Waals surface area contributed by atoms with Crippen LogP contribution in [0, 0.1) is 6.92 Å². The molecule has 0 radical (unpaired) electrons. The molecular weight excluding hydrogens is 396 g/mol. The minimum atomic E-state index is -3.70. The van der Waals surface area contributed by atoms with Gasteiger partial charge in [-0.3, -0.25) is 9.10 Å². The number of hydrogen-bond donors (Lipinski definition) is 0. The number of carbonyl (C=O) groups is 1. The molecule has 0 aliphatic carbocycles. The third kappa shape index (κ3) is 4.03. The first-order valence-corrected chi connectivity index (χ1v) is 11.6. The number of aryl methyl sites for hydroxylation is 2. The third-order valence-corrected chi connectivity index (χ3v) is 6.50. The predicted molar refractivity (Wildman–Crippen MR) is 115 cm³/mol. The van der Waals surface area contributed by atoms with E-state index in [1.54, 1.807) is 23.1 Å². The highest BCUT2D eigenvalue weighted by molar-refractivity contribution is 7.92.